The van der Waals surface area contributed by atoms with E-state index in [1.165, 1.54) is 24.3 Å². The fourth-order valence-corrected chi connectivity index (χ4v) is 2.21. The SMILES string of the molecule is O=C(/C=C/C(=O)OC(=O)c1ccc(Br)cc1)OC(=O)c1ccc(Br)cc1. The fourth-order valence-electron chi connectivity index (χ4n) is 1.68. The second-order valence-electron chi connectivity index (χ2n) is 4.76. The molecule has 0 amide bonds. The van der Waals surface area contributed by atoms with Crippen LogP contribution in [0.3, 0.4) is 0 Å². The molecule has 0 aromatic heterocycles. The van der Waals surface area contributed by atoms with E-state index in [1.54, 1.807) is 24.3 Å². The maximum absolute atomic E-state index is 11.7. The molecule has 0 bridgehead atoms. The molecule has 0 saturated heterocycles. The van der Waals surface area contributed by atoms with Crippen LogP contribution < -0.4 is 0 Å². The Morgan fingerprint density at radius 2 is 0.923 bits per heavy atom. The zero-order chi connectivity index (χ0) is 19.1. The Morgan fingerprint density at radius 1 is 0.615 bits per heavy atom. The van der Waals surface area contributed by atoms with Crippen molar-refractivity contribution in [1.82, 2.24) is 0 Å². The number of esters is 4. The van der Waals surface area contributed by atoms with Crippen LogP contribution in [0.2, 0.25) is 0 Å². The Morgan fingerprint density at radius 3 is 1.23 bits per heavy atom. The van der Waals surface area contributed by atoms with Crippen molar-refractivity contribution in [3.05, 3.63) is 80.8 Å². The average molecular weight is 482 g/mol. The van der Waals surface area contributed by atoms with Crippen LogP contribution in [-0.4, -0.2) is 23.9 Å². The Kier molecular flexibility index (Phi) is 6.99. The average Bonchev–Trinajstić information content (AvgIpc) is 2.61. The number of carbonyl (C=O) groups is 4. The van der Waals surface area contributed by atoms with Crippen molar-refractivity contribution in [3.63, 3.8) is 0 Å². The van der Waals surface area contributed by atoms with Gasteiger partial charge in [-0.05, 0) is 48.5 Å². The van der Waals surface area contributed by atoms with Crippen molar-refractivity contribution < 1.29 is 28.7 Å². The Hall–Kier alpha value is -2.58. The summed E-state index contributed by atoms with van der Waals surface area (Å²) in [5.74, 6) is -3.87. The van der Waals surface area contributed by atoms with Crippen LogP contribution in [0.15, 0.2) is 69.6 Å². The van der Waals surface area contributed by atoms with Gasteiger partial charge in [0, 0.05) is 21.1 Å². The molecular weight excluding hydrogens is 472 g/mol. The zero-order valence-corrected chi connectivity index (χ0v) is 16.2. The highest BCUT2D eigenvalue weighted by Crippen LogP contribution is 2.12. The van der Waals surface area contributed by atoms with E-state index in [9.17, 15) is 19.2 Å². The third kappa shape index (κ3) is 6.05. The van der Waals surface area contributed by atoms with E-state index < -0.39 is 23.9 Å². The van der Waals surface area contributed by atoms with Gasteiger partial charge in [0.25, 0.3) is 0 Å². The van der Waals surface area contributed by atoms with Gasteiger partial charge in [0.2, 0.25) is 0 Å². The van der Waals surface area contributed by atoms with Gasteiger partial charge in [-0.1, -0.05) is 31.9 Å². The number of benzene rings is 2. The zero-order valence-electron chi connectivity index (χ0n) is 13.0. The van der Waals surface area contributed by atoms with E-state index in [0.29, 0.717) is 12.2 Å². The van der Waals surface area contributed by atoms with E-state index in [2.05, 4.69) is 41.3 Å². The minimum atomic E-state index is -1.06. The van der Waals surface area contributed by atoms with Crippen LogP contribution in [-0.2, 0) is 19.1 Å². The summed E-state index contributed by atoms with van der Waals surface area (Å²) in [6, 6.07) is 12.3. The number of hydrogen-bond acceptors (Lipinski definition) is 6. The summed E-state index contributed by atoms with van der Waals surface area (Å²) in [5, 5.41) is 0. The molecule has 26 heavy (non-hydrogen) atoms. The monoisotopic (exact) mass is 480 g/mol. The molecule has 8 heteroatoms. The van der Waals surface area contributed by atoms with Crippen molar-refractivity contribution in [2.75, 3.05) is 0 Å². The van der Waals surface area contributed by atoms with E-state index in [4.69, 9.17) is 0 Å². The quantitative estimate of drug-likeness (QED) is 0.374. The van der Waals surface area contributed by atoms with Gasteiger partial charge < -0.3 is 9.47 Å². The Labute approximate surface area is 165 Å². The van der Waals surface area contributed by atoms with Crippen LogP contribution in [0, 0.1) is 0 Å². The van der Waals surface area contributed by atoms with Crippen molar-refractivity contribution >= 4 is 55.7 Å². The number of carbonyl (C=O) groups excluding carboxylic acids is 4. The number of hydrogen-bond donors (Lipinski definition) is 0. The first-order valence-corrected chi connectivity index (χ1v) is 8.65. The van der Waals surface area contributed by atoms with Crippen molar-refractivity contribution in [1.29, 1.82) is 0 Å². The summed E-state index contributed by atoms with van der Waals surface area (Å²) >= 11 is 6.43. The largest absolute Gasteiger partial charge is 0.386 e. The third-order valence-corrected chi connectivity index (χ3v) is 3.96. The first-order valence-electron chi connectivity index (χ1n) is 7.06. The predicted molar refractivity (Wildman–Crippen MR) is 98.3 cm³/mol. The summed E-state index contributed by atoms with van der Waals surface area (Å²) in [6.45, 7) is 0. The van der Waals surface area contributed by atoms with Gasteiger partial charge in [-0.15, -0.1) is 0 Å². The minimum absolute atomic E-state index is 0.169. The lowest BCUT2D eigenvalue weighted by molar-refractivity contribution is -0.135. The first kappa shape index (κ1) is 19.7. The molecule has 0 aliphatic rings. The second-order valence-corrected chi connectivity index (χ2v) is 6.60. The van der Waals surface area contributed by atoms with Gasteiger partial charge in [0.15, 0.2) is 0 Å². The lowest BCUT2D eigenvalue weighted by Crippen LogP contribution is -2.13. The standard InChI is InChI=1S/C18H10Br2O6/c19-13-5-1-11(2-6-13)17(23)25-15(21)9-10-16(22)26-18(24)12-3-7-14(20)8-4-12/h1-10H/b10-9+. The van der Waals surface area contributed by atoms with Gasteiger partial charge in [-0.2, -0.15) is 0 Å². The van der Waals surface area contributed by atoms with Crippen LogP contribution in [0.4, 0.5) is 0 Å². The molecule has 0 heterocycles. The molecular formula is C18H10Br2O6. The van der Waals surface area contributed by atoms with Crippen molar-refractivity contribution in [2.24, 2.45) is 0 Å². The molecule has 0 radical (unpaired) electrons. The maximum Gasteiger partial charge on any atom is 0.346 e. The van der Waals surface area contributed by atoms with Crippen LogP contribution >= 0.6 is 31.9 Å². The normalized spacial score (nSPS) is 10.4. The molecule has 0 atom stereocenters. The van der Waals surface area contributed by atoms with E-state index in [0.717, 1.165) is 8.95 Å². The summed E-state index contributed by atoms with van der Waals surface area (Å²) in [4.78, 5) is 46.6. The minimum Gasteiger partial charge on any atom is -0.386 e. The number of halogens is 2. The highest BCUT2D eigenvalue weighted by molar-refractivity contribution is 9.10. The topological polar surface area (TPSA) is 86.7 Å². The molecule has 0 unspecified atom stereocenters. The summed E-state index contributed by atoms with van der Waals surface area (Å²) in [6.07, 6.45) is 1.40. The number of rotatable bonds is 4. The molecule has 0 aliphatic heterocycles. The van der Waals surface area contributed by atoms with Gasteiger partial charge in [0.05, 0.1) is 11.1 Å². The van der Waals surface area contributed by atoms with Gasteiger partial charge in [-0.25, -0.2) is 19.2 Å². The molecule has 0 saturated carbocycles. The molecule has 6 nitrogen and oxygen atoms in total. The summed E-state index contributed by atoms with van der Waals surface area (Å²) < 4.78 is 10.6. The van der Waals surface area contributed by atoms with E-state index >= 15 is 0 Å². The van der Waals surface area contributed by atoms with Crippen molar-refractivity contribution in [3.8, 4) is 0 Å². The summed E-state index contributed by atoms with van der Waals surface area (Å²) in [5.41, 5.74) is 0.339. The fraction of sp³-hybridized carbons (Fsp3) is 0. The van der Waals surface area contributed by atoms with E-state index in [1.807, 2.05) is 0 Å². The van der Waals surface area contributed by atoms with Gasteiger partial charge in [-0.3, -0.25) is 0 Å². The molecule has 2 rings (SSSR count). The number of ether oxygens (including phenoxy) is 2. The first-order chi connectivity index (χ1) is 12.3. The maximum atomic E-state index is 11.7. The molecule has 2 aromatic carbocycles. The Bertz CT molecular complexity index is 796. The van der Waals surface area contributed by atoms with Crippen LogP contribution in [0.5, 0.6) is 0 Å². The molecule has 132 valence electrons. The Balaban J connectivity index is 1.87. The molecule has 0 aliphatic carbocycles. The lowest BCUT2D eigenvalue weighted by Gasteiger charge is -2.01. The van der Waals surface area contributed by atoms with Crippen LogP contribution in [0.1, 0.15) is 20.7 Å². The smallest absolute Gasteiger partial charge is 0.346 e. The molecule has 0 N–H and O–H groups in total. The molecule has 0 spiro atoms. The predicted octanol–water partition coefficient (Wildman–Crippen LogP) is 3.83. The lowest BCUT2D eigenvalue weighted by atomic mass is 10.2. The van der Waals surface area contributed by atoms with Crippen molar-refractivity contribution in [2.45, 2.75) is 0 Å². The molecule has 2 aromatic rings. The van der Waals surface area contributed by atoms with Gasteiger partial charge in [0.1, 0.15) is 0 Å². The van der Waals surface area contributed by atoms with E-state index in [-0.39, 0.29) is 11.1 Å². The van der Waals surface area contributed by atoms with Crippen LogP contribution in [0.25, 0.3) is 0 Å². The molecule has 0 fully saturated rings. The third-order valence-electron chi connectivity index (χ3n) is 2.90. The second kappa shape index (κ2) is 9.21. The highest BCUT2D eigenvalue weighted by atomic mass is 79.9. The van der Waals surface area contributed by atoms with Gasteiger partial charge >= 0.3 is 23.9 Å². The summed E-state index contributed by atoms with van der Waals surface area (Å²) in [7, 11) is 0. The highest BCUT2D eigenvalue weighted by Gasteiger charge is 2.13.